The molecule has 0 aromatic carbocycles. The summed E-state index contributed by atoms with van der Waals surface area (Å²) in [6.45, 7) is 6.04. The number of piperazine rings is 1. The molecule has 86 valence electrons. The standard InChI is InChI=1S/C10H18N2O3/c1-4-12-8(3)10(15)11(5-7(2)13)6-9(12)14/h7-8,13H,4-6H2,1-3H3. The van der Waals surface area contributed by atoms with E-state index >= 15 is 0 Å². The zero-order valence-electron chi connectivity index (χ0n) is 9.43. The molecule has 5 heteroatoms. The molecule has 2 amide bonds. The summed E-state index contributed by atoms with van der Waals surface area (Å²) >= 11 is 0. The fraction of sp³-hybridized carbons (Fsp3) is 0.800. The van der Waals surface area contributed by atoms with Crippen LogP contribution in [0.3, 0.4) is 0 Å². The number of hydrogen-bond donors (Lipinski definition) is 1. The van der Waals surface area contributed by atoms with E-state index in [1.54, 1.807) is 18.7 Å². The highest BCUT2D eigenvalue weighted by molar-refractivity contribution is 5.94. The molecule has 1 aliphatic rings. The molecular formula is C10H18N2O3. The molecule has 1 N–H and O–H groups in total. The minimum absolute atomic E-state index is 0.0507. The Bertz CT molecular complexity index is 265. The lowest BCUT2D eigenvalue weighted by Crippen LogP contribution is -2.59. The number of carbonyl (C=O) groups excluding carboxylic acids is 2. The number of rotatable bonds is 3. The molecule has 0 spiro atoms. The maximum Gasteiger partial charge on any atom is 0.245 e. The normalized spacial score (nSPS) is 24.7. The zero-order valence-corrected chi connectivity index (χ0v) is 9.43. The minimum Gasteiger partial charge on any atom is -0.392 e. The van der Waals surface area contributed by atoms with Crippen molar-refractivity contribution in [3.05, 3.63) is 0 Å². The number of β-amino-alcohol motifs (C(OH)–C–C–N with tert-alkyl or cyclic N) is 1. The first kappa shape index (κ1) is 12.0. The molecule has 1 saturated heterocycles. The number of amides is 2. The van der Waals surface area contributed by atoms with Crippen LogP contribution in [0.2, 0.25) is 0 Å². The van der Waals surface area contributed by atoms with E-state index in [1.807, 2.05) is 6.92 Å². The molecule has 0 aromatic rings. The maximum absolute atomic E-state index is 11.8. The minimum atomic E-state index is -0.595. The molecule has 0 aromatic heterocycles. The molecule has 0 radical (unpaired) electrons. The lowest BCUT2D eigenvalue weighted by Gasteiger charge is -2.38. The first-order chi connectivity index (χ1) is 6.97. The van der Waals surface area contributed by atoms with Crippen molar-refractivity contribution < 1.29 is 14.7 Å². The van der Waals surface area contributed by atoms with Crippen LogP contribution >= 0.6 is 0 Å². The largest absolute Gasteiger partial charge is 0.392 e. The van der Waals surface area contributed by atoms with E-state index < -0.39 is 12.1 Å². The fourth-order valence-electron chi connectivity index (χ4n) is 1.87. The Morgan fingerprint density at radius 1 is 1.53 bits per heavy atom. The topological polar surface area (TPSA) is 60.9 Å². The van der Waals surface area contributed by atoms with Gasteiger partial charge in [-0.05, 0) is 20.8 Å². The lowest BCUT2D eigenvalue weighted by molar-refractivity contribution is -0.155. The molecule has 1 heterocycles. The van der Waals surface area contributed by atoms with Crippen LogP contribution in [-0.2, 0) is 9.59 Å². The predicted molar refractivity (Wildman–Crippen MR) is 55.1 cm³/mol. The van der Waals surface area contributed by atoms with Gasteiger partial charge in [0.05, 0.1) is 12.6 Å². The summed E-state index contributed by atoms with van der Waals surface area (Å²) < 4.78 is 0. The van der Waals surface area contributed by atoms with Crippen LogP contribution in [0.4, 0.5) is 0 Å². The van der Waals surface area contributed by atoms with Crippen molar-refractivity contribution in [3.8, 4) is 0 Å². The highest BCUT2D eigenvalue weighted by Gasteiger charge is 2.35. The van der Waals surface area contributed by atoms with Crippen molar-refractivity contribution in [1.29, 1.82) is 0 Å². The highest BCUT2D eigenvalue weighted by atomic mass is 16.3. The third-order valence-corrected chi connectivity index (χ3v) is 2.61. The van der Waals surface area contributed by atoms with E-state index in [1.165, 1.54) is 4.90 Å². The molecule has 1 rings (SSSR count). The molecule has 1 aliphatic heterocycles. The van der Waals surface area contributed by atoms with Gasteiger partial charge in [0.25, 0.3) is 0 Å². The Morgan fingerprint density at radius 3 is 2.60 bits per heavy atom. The number of carbonyl (C=O) groups is 2. The Hall–Kier alpha value is -1.10. The van der Waals surface area contributed by atoms with Gasteiger partial charge < -0.3 is 14.9 Å². The van der Waals surface area contributed by atoms with E-state index in [4.69, 9.17) is 0 Å². The maximum atomic E-state index is 11.8. The second-order valence-corrected chi connectivity index (χ2v) is 3.92. The van der Waals surface area contributed by atoms with Gasteiger partial charge in [0.2, 0.25) is 11.8 Å². The second kappa shape index (κ2) is 4.61. The van der Waals surface area contributed by atoms with E-state index in [0.29, 0.717) is 6.54 Å². The van der Waals surface area contributed by atoms with E-state index in [0.717, 1.165) is 0 Å². The van der Waals surface area contributed by atoms with Gasteiger partial charge in [0, 0.05) is 13.1 Å². The van der Waals surface area contributed by atoms with Crippen molar-refractivity contribution in [1.82, 2.24) is 9.80 Å². The third kappa shape index (κ3) is 2.47. The molecule has 0 aliphatic carbocycles. The van der Waals surface area contributed by atoms with E-state index in [-0.39, 0.29) is 24.9 Å². The van der Waals surface area contributed by atoms with Gasteiger partial charge in [-0.2, -0.15) is 0 Å². The molecule has 0 saturated carbocycles. The summed E-state index contributed by atoms with van der Waals surface area (Å²) in [4.78, 5) is 26.4. The van der Waals surface area contributed by atoms with Crippen LogP contribution in [0.25, 0.3) is 0 Å². The highest BCUT2D eigenvalue weighted by Crippen LogP contribution is 2.12. The SMILES string of the molecule is CCN1C(=O)CN(CC(C)O)C(=O)C1C. The van der Waals surface area contributed by atoms with Crippen LogP contribution < -0.4 is 0 Å². The van der Waals surface area contributed by atoms with Crippen molar-refractivity contribution in [2.75, 3.05) is 19.6 Å². The van der Waals surface area contributed by atoms with Gasteiger partial charge >= 0.3 is 0 Å². The summed E-state index contributed by atoms with van der Waals surface area (Å²) in [6.07, 6.45) is -0.595. The molecule has 0 bridgehead atoms. The smallest absolute Gasteiger partial charge is 0.245 e. The average Bonchev–Trinajstić information content (AvgIpc) is 2.14. The van der Waals surface area contributed by atoms with Gasteiger partial charge in [-0.3, -0.25) is 9.59 Å². The van der Waals surface area contributed by atoms with Crippen molar-refractivity contribution >= 4 is 11.8 Å². The molecule has 15 heavy (non-hydrogen) atoms. The van der Waals surface area contributed by atoms with Gasteiger partial charge in [-0.25, -0.2) is 0 Å². The Labute approximate surface area is 89.7 Å². The second-order valence-electron chi connectivity index (χ2n) is 3.92. The monoisotopic (exact) mass is 214 g/mol. The number of likely N-dealkylation sites (N-methyl/N-ethyl adjacent to an activating group) is 1. The third-order valence-electron chi connectivity index (χ3n) is 2.61. The first-order valence-electron chi connectivity index (χ1n) is 5.23. The predicted octanol–water partition coefficient (Wildman–Crippen LogP) is -0.554. The average molecular weight is 214 g/mol. The Balaban J connectivity index is 2.73. The van der Waals surface area contributed by atoms with Crippen LogP contribution in [0.15, 0.2) is 0 Å². The summed E-state index contributed by atoms with van der Waals surface area (Å²) in [7, 11) is 0. The lowest BCUT2D eigenvalue weighted by atomic mass is 10.1. The van der Waals surface area contributed by atoms with Crippen LogP contribution in [0, 0.1) is 0 Å². The van der Waals surface area contributed by atoms with Crippen LogP contribution in [-0.4, -0.2) is 58.5 Å². The van der Waals surface area contributed by atoms with Gasteiger partial charge in [-0.15, -0.1) is 0 Å². The zero-order chi connectivity index (χ0) is 11.6. The molecule has 2 atom stereocenters. The summed E-state index contributed by atoms with van der Waals surface area (Å²) in [5.41, 5.74) is 0. The van der Waals surface area contributed by atoms with E-state index in [9.17, 15) is 14.7 Å². The summed E-state index contributed by atoms with van der Waals surface area (Å²) in [5, 5.41) is 9.20. The summed E-state index contributed by atoms with van der Waals surface area (Å²) in [5.74, 6) is -0.136. The number of hydrogen-bond acceptors (Lipinski definition) is 3. The Morgan fingerprint density at radius 2 is 2.13 bits per heavy atom. The molecule has 2 unspecified atom stereocenters. The molecule has 5 nitrogen and oxygen atoms in total. The van der Waals surface area contributed by atoms with Gasteiger partial charge in [-0.1, -0.05) is 0 Å². The summed E-state index contributed by atoms with van der Waals surface area (Å²) in [6, 6.07) is -0.407. The van der Waals surface area contributed by atoms with Crippen LogP contribution in [0.1, 0.15) is 20.8 Å². The number of nitrogens with zero attached hydrogens (tertiary/aromatic N) is 2. The molecule has 1 fully saturated rings. The fourth-order valence-corrected chi connectivity index (χ4v) is 1.87. The van der Waals surface area contributed by atoms with Gasteiger partial charge in [0.15, 0.2) is 0 Å². The number of aliphatic hydroxyl groups is 1. The first-order valence-corrected chi connectivity index (χ1v) is 5.23. The Kier molecular flexibility index (Phi) is 3.68. The van der Waals surface area contributed by atoms with Crippen molar-refractivity contribution in [2.45, 2.75) is 32.9 Å². The van der Waals surface area contributed by atoms with Crippen LogP contribution in [0.5, 0.6) is 0 Å². The van der Waals surface area contributed by atoms with E-state index in [2.05, 4.69) is 0 Å². The van der Waals surface area contributed by atoms with Crippen molar-refractivity contribution in [2.24, 2.45) is 0 Å². The van der Waals surface area contributed by atoms with Crippen molar-refractivity contribution in [3.63, 3.8) is 0 Å². The molecular weight excluding hydrogens is 196 g/mol. The van der Waals surface area contributed by atoms with Gasteiger partial charge in [0.1, 0.15) is 6.04 Å². The quantitative estimate of drug-likeness (QED) is 0.685. The number of aliphatic hydroxyl groups excluding tert-OH is 1.